The largest absolute Gasteiger partial charge is 0.467 e. The van der Waals surface area contributed by atoms with E-state index in [1.54, 1.807) is 10.9 Å². The van der Waals surface area contributed by atoms with Crippen LogP contribution in [0.1, 0.15) is 29.9 Å². The van der Waals surface area contributed by atoms with Gasteiger partial charge in [0.2, 0.25) is 0 Å². The Morgan fingerprint density at radius 3 is 2.63 bits per heavy atom. The van der Waals surface area contributed by atoms with Gasteiger partial charge in [-0.05, 0) is 32.9 Å². The second kappa shape index (κ2) is 7.91. The SMILES string of the molecule is COc1ncc2c(N3C[C@H](C)N[C@@H](C)C3)ccc(C(=O)Nc3cc(C)n(C)n3)c2n1. The van der Waals surface area contributed by atoms with Crippen LogP contribution >= 0.6 is 0 Å². The molecule has 0 bridgehead atoms. The third-order valence-electron chi connectivity index (χ3n) is 5.39. The van der Waals surface area contributed by atoms with Crippen LogP contribution in [0.3, 0.4) is 0 Å². The zero-order chi connectivity index (χ0) is 21.4. The number of fused-ring (bicyclic) bond motifs is 1. The molecule has 4 rings (SSSR count). The van der Waals surface area contributed by atoms with Crippen molar-refractivity contribution < 1.29 is 9.53 Å². The zero-order valence-electron chi connectivity index (χ0n) is 17.9. The summed E-state index contributed by atoms with van der Waals surface area (Å²) in [6.45, 7) is 8.00. The van der Waals surface area contributed by atoms with Crippen LogP contribution in [0.15, 0.2) is 24.4 Å². The van der Waals surface area contributed by atoms with Crippen molar-refractivity contribution in [3.8, 4) is 6.01 Å². The van der Waals surface area contributed by atoms with Crippen molar-refractivity contribution in [2.45, 2.75) is 32.9 Å². The molecule has 0 saturated carbocycles. The van der Waals surface area contributed by atoms with Gasteiger partial charge in [-0.25, -0.2) is 4.98 Å². The van der Waals surface area contributed by atoms with E-state index in [1.807, 2.05) is 32.2 Å². The maximum absolute atomic E-state index is 13.1. The number of carbonyl (C=O) groups excluding carboxylic acids is 1. The minimum Gasteiger partial charge on any atom is -0.467 e. The highest BCUT2D eigenvalue weighted by Crippen LogP contribution is 2.31. The minimum absolute atomic E-state index is 0.226. The van der Waals surface area contributed by atoms with E-state index >= 15 is 0 Å². The molecule has 1 saturated heterocycles. The molecule has 158 valence electrons. The van der Waals surface area contributed by atoms with Crippen LogP contribution in [0, 0.1) is 6.92 Å². The van der Waals surface area contributed by atoms with Gasteiger partial charge >= 0.3 is 6.01 Å². The lowest BCUT2D eigenvalue weighted by molar-refractivity contribution is 0.102. The van der Waals surface area contributed by atoms with Crippen LogP contribution < -0.4 is 20.3 Å². The first-order valence-electron chi connectivity index (χ1n) is 10.0. The van der Waals surface area contributed by atoms with Gasteiger partial charge < -0.3 is 20.3 Å². The smallest absolute Gasteiger partial charge is 0.316 e. The third-order valence-corrected chi connectivity index (χ3v) is 5.39. The van der Waals surface area contributed by atoms with Crippen molar-refractivity contribution in [2.75, 3.05) is 30.4 Å². The molecule has 2 atom stereocenters. The number of ether oxygens (including phenoxy) is 1. The van der Waals surface area contributed by atoms with E-state index in [4.69, 9.17) is 4.74 Å². The minimum atomic E-state index is -0.271. The normalized spacial score (nSPS) is 19.2. The van der Waals surface area contributed by atoms with Crippen LogP contribution in [-0.2, 0) is 7.05 Å². The van der Waals surface area contributed by atoms with Crippen molar-refractivity contribution in [3.05, 3.63) is 35.7 Å². The number of piperazine rings is 1. The summed E-state index contributed by atoms with van der Waals surface area (Å²) in [7, 11) is 3.35. The Balaban J connectivity index is 1.76. The molecule has 3 heterocycles. The molecule has 0 unspecified atom stereocenters. The quantitative estimate of drug-likeness (QED) is 0.681. The first-order chi connectivity index (χ1) is 14.4. The molecule has 9 heteroatoms. The molecule has 2 N–H and O–H groups in total. The number of nitrogens with zero attached hydrogens (tertiary/aromatic N) is 5. The topological polar surface area (TPSA) is 97.2 Å². The first kappa shape index (κ1) is 20.1. The molecule has 0 spiro atoms. The van der Waals surface area contributed by atoms with E-state index in [0.29, 0.717) is 29.0 Å². The summed E-state index contributed by atoms with van der Waals surface area (Å²) in [5.74, 6) is 0.232. The van der Waals surface area contributed by atoms with Gasteiger partial charge in [0.25, 0.3) is 5.91 Å². The van der Waals surface area contributed by atoms with Crippen molar-refractivity contribution in [1.29, 1.82) is 0 Å². The monoisotopic (exact) mass is 409 g/mol. The molecule has 1 amide bonds. The Morgan fingerprint density at radius 2 is 2.00 bits per heavy atom. The molecular formula is C21H27N7O2. The fourth-order valence-electron chi connectivity index (χ4n) is 3.98. The Hall–Kier alpha value is -3.20. The average Bonchev–Trinajstić information content (AvgIpc) is 3.02. The molecular weight excluding hydrogens is 382 g/mol. The van der Waals surface area contributed by atoms with Gasteiger partial charge in [0.1, 0.15) is 0 Å². The highest BCUT2D eigenvalue weighted by Gasteiger charge is 2.24. The maximum atomic E-state index is 13.1. The molecule has 1 aliphatic heterocycles. The summed E-state index contributed by atoms with van der Waals surface area (Å²) in [6.07, 6.45) is 1.73. The summed E-state index contributed by atoms with van der Waals surface area (Å²) in [5, 5.41) is 11.5. The van der Waals surface area contributed by atoms with Crippen LogP contribution in [0.5, 0.6) is 6.01 Å². The number of hydrogen-bond donors (Lipinski definition) is 2. The Morgan fingerprint density at radius 1 is 1.27 bits per heavy atom. The Kier molecular flexibility index (Phi) is 5.29. The third kappa shape index (κ3) is 3.80. The number of methoxy groups -OCH3 is 1. The number of hydrogen-bond acceptors (Lipinski definition) is 7. The molecule has 0 radical (unpaired) electrons. The Labute approximate surface area is 175 Å². The van der Waals surface area contributed by atoms with Crippen LogP contribution in [0.4, 0.5) is 11.5 Å². The zero-order valence-corrected chi connectivity index (χ0v) is 17.9. The van der Waals surface area contributed by atoms with Gasteiger partial charge in [-0.3, -0.25) is 9.48 Å². The van der Waals surface area contributed by atoms with Gasteiger partial charge in [-0.1, -0.05) is 0 Å². The predicted molar refractivity (Wildman–Crippen MR) is 116 cm³/mol. The lowest BCUT2D eigenvalue weighted by Crippen LogP contribution is -2.54. The molecule has 2 aromatic heterocycles. The maximum Gasteiger partial charge on any atom is 0.316 e. The summed E-state index contributed by atoms with van der Waals surface area (Å²) in [4.78, 5) is 24.2. The van der Waals surface area contributed by atoms with Gasteiger partial charge in [0, 0.05) is 61.3 Å². The number of aryl methyl sites for hydroxylation is 2. The lowest BCUT2D eigenvalue weighted by atomic mass is 10.0. The lowest BCUT2D eigenvalue weighted by Gasteiger charge is -2.38. The molecule has 9 nitrogen and oxygen atoms in total. The first-order valence-corrected chi connectivity index (χ1v) is 10.0. The molecule has 1 fully saturated rings. The van der Waals surface area contributed by atoms with Crippen molar-refractivity contribution in [2.24, 2.45) is 7.05 Å². The second-order valence-electron chi connectivity index (χ2n) is 7.87. The number of benzene rings is 1. The molecule has 0 aliphatic carbocycles. The number of rotatable bonds is 4. The van der Waals surface area contributed by atoms with Gasteiger partial charge in [-0.2, -0.15) is 10.1 Å². The number of amides is 1. The van der Waals surface area contributed by atoms with E-state index < -0.39 is 0 Å². The number of anilines is 2. The Bertz CT molecular complexity index is 1060. The van der Waals surface area contributed by atoms with E-state index in [1.165, 1.54) is 7.11 Å². The summed E-state index contributed by atoms with van der Waals surface area (Å²) in [6, 6.07) is 6.56. The summed E-state index contributed by atoms with van der Waals surface area (Å²) < 4.78 is 6.94. The standard InChI is InChI=1S/C21H27N7O2/c1-12-10-28(11-13(2)23-12)17-7-6-15(19-16(17)9-22-21(25-19)30-5)20(29)24-18-8-14(3)27(4)26-18/h6-9,12-13,23H,10-11H2,1-5H3,(H,24,26,29)/t12-,13-/m0/s1. The van der Waals surface area contributed by atoms with Gasteiger partial charge in [-0.15, -0.1) is 0 Å². The average molecular weight is 409 g/mol. The van der Waals surface area contributed by atoms with Gasteiger partial charge in [0.15, 0.2) is 5.82 Å². The fourth-order valence-corrected chi connectivity index (χ4v) is 3.98. The fraction of sp³-hybridized carbons (Fsp3) is 0.429. The van der Waals surface area contributed by atoms with E-state index in [9.17, 15) is 4.79 Å². The van der Waals surface area contributed by atoms with Crippen LogP contribution in [0.2, 0.25) is 0 Å². The summed E-state index contributed by atoms with van der Waals surface area (Å²) in [5.41, 5.74) is 2.98. The number of aromatic nitrogens is 4. The number of nitrogens with one attached hydrogen (secondary N) is 2. The molecule has 1 aromatic carbocycles. The molecule has 3 aromatic rings. The van der Waals surface area contributed by atoms with Crippen molar-refractivity contribution in [1.82, 2.24) is 25.1 Å². The van der Waals surface area contributed by atoms with Gasteiger partial charge in [0.05, 0.1) is 18.2 Å². The van der Waals surface area contributed by atoms with E-state index in [-0.39, 0.29) is 11.9 Å². The highest BCUT2D eigenvalue weighted by atomic mass is 16.5. The van der Waals surface area contributed by atoms with Crippen molar-refractivity contribution in [3.63, 3.8) is 0 Å². The second-order valence-corrected chi connectivity index (χ2v) is 7.87. The van der Waals surface area contributed by atoms with E-state index in [2.05, 4.69) is 44.4 Å². The van der Waals surface area contributed by atoms with Crippen molar-refractivity contribution >= 4 is 28.3 Å². The van der Waals surface area contributed by atoms with E-state index in [0.717, 1.165) is 29.9 Å². The molecule has 1 aliphatic rings. The van der Waals surface area contributed by atoms with Crippen LogP contribution in [-0.4, -0.2) is 57.9 Å². The molecule has 30 heavy (non-hydrogen) atoms. The highest BCUT2D eigenvalue weighted by molar-refractivity contribution is 6.13. The number of carbonyl (C=O) groups is 1. The summed E-state index contributed by atoms with van der Waals surface area (Å²) >= 11 is 0. The predicted octanol–water partition coefficient (Wildman–Crippen LogP) is 2.12. The van der Waals surface area contributed by atoms with Crippen LogP contribution in [0.25, 0.3) is 10.9 Å².